The molecule has 1 N–H and O–H groups in total. The summed E-state index contributed by atoms with van der Waals surface area (Å²) in [4.78, 5) is 42.6. The zero-order valence-electron chi connectivity index (χ0n) is 22.7. The number of rotatable bonds is 12. The van der Waals surface area contributed by atoms with Crippen molar-refractivity contribution in [3.05, 3.63) is 30.1 Å². The molecule has 1 aliphatic carbocycles. The van der Waals surface area contributed by atoms with Gasteiger partial charge in [0.25, 0.3) is 0 Å². The Kier molecular flexibility index (Phi) is 10.9. The highest BCUT2D eigenvalue weighted by Gasteiger charge is 2.42. The average Bonchev–Trinajstić information content (AvgIpc) is 3.16. The maximum Gasteiger partial charge on any atom is 0.308 e. The van der Waals surface area contributed by atoms with Crippen LogP contribution >= 0.6 is 0 Å². The summed E-state index contributed by atoms with van der Waals surface area (Å²) in [6.45, 7) is 8.23. The molecule has 1 aromatic heterocycles. The number of likely N-dealkylation sites (tertiary alicyclic amines) is 1. The van der Waals surface area contributed by atoms with Gasteiger partial charge in [-0.2, -0.15) is 0 Å². The minimum absolute atomic E-state index is 0.0331. The largest absolute Gasteiger partial charge is 0.460 e. The van der Waals surface area contributed by atoms with Gasteiger partial charge in [-0.3, -0.25) is 19.4 Å². The number of ether oxygens (including phenoxy) is 3. The summed E-state index contributed by atoms with van der Waals surface area (Å²) < 4.78 is 16.9. The van der Waals surface area contributed by atoms with E-state index in [-0.39, 0.29) is 36.7 Å². The van der Waals surface area contributed by atoms with Crippen molar-refractivity contribution in [1.29, 1.82) is 0 Å². The Morgan fingerprint density at radius 1 is 1.08 bits per heavy atom. The fraction of sp³-hybridized carbons (Fsp3) is 0.714. The maximum absolute atomic E-state index is 12.8. The third-order valence-electron chi connectivity index (χ3n) is 7.04. The Morgan fingerprint density at radius 2 is 1.73 bits per heavy atom. The molecule has 2 atom stereocenters. The molecule has 206 valence electrons. The molecule has 0 spiro atoms. The minimum atomic E-state index is -0.458. The highest BCUT2D eigenvalue weighted by molar-refractivity contribution is 5.90. The van der Waals surface area contributed by atoms with Crippen LogP contribution in [0.25, 0.3) is 0 Å². The molecule has 0 bridgehead atoms. The van der Waals surface area contributed by atoms with E-state index in [1.807, 2.05) is 32.9 Å². The number of nitrogens with zero attached hydrogens (tertiary/aromatic N) is 2. The summed E-state index contributed by atoms with van der Waals surface area (Å²) in [5, 5.41) is 2.95. The fourth-order valence-corrected chi connectivity index (χ4v) is 5.10. The highest BCUT2D eigenvalue weighted by atomic mass is 16.6. The summed E-state index contributed by atoms with van der Waals surface area (Å²) in [7, 11) is 1.74. The smallest absolute Gasteiger partial charge is 0.308 e. The topological polar surface area (TPSA) is 107 Å². The molecule has 0 aromatic carbocycles. The number of pyridine rings is 1. The zero-order valence-corrected chi connectivity index (χ0v) is 22.7. The van der Waals surface area contributed by atoms with E-state index in [9.17, 15) is 14.4 Å². The van der Waals surface area contributed by atoms with Crippen molar-refractivity contribution >= 4 is 17.8 Å². The molecule has 2 heterocycles. The molecular weight excluding hydrogens is 474 g/mol. The van der Waals surface area contributed by atoms with E-state index >= 15 is 0 Å². The molecule has 9 heteroatoms. The second-order valence-corrected chi connectivity index (χ2v) is 11.2. The first-order valence-electron chi connectivity index (χ1n) is 13.4. The first-order valence-corrected chi connectivity index (χ1v) is 13.4. The third-order valence-corrected chi connectivity index (χ3v) is 7.04. The SMILES string of the molecule is CN1C(=O)C[C@H](C(=O)NCCOC[C@H]2CC[C@H](COCCC(=O)OC(C)(C)C)CC2)[C@H]1c1cccnc1. The molecule has 2 amide bonds. The molecule has 1 saturated heterocycles. The van der Waals surface area contributed by atoms with Crippen molar-refractivity contribution in [2.45, 2.75) is 70.9 Å². The van der Waals surface area contributed by atoms with Crippen molar-refractivity contribution in [3.63, 3.8) is 0 Å². The number of carbonyl (C=O) groups excluding carboxylic acids is 3. The van der Waals surface area contributed by atoms with E-state index in [0.29, 0.717) is 44.8 Å². The number of hydrogen-bond acceptors (Lipinski definition) is 7. The van der Waals surface area contributed by atoms with E-state index in [1.54, 1.807) is 24.3 Å². The average molecular weight is 518 g/mol. The molecule has 1 saturated carbocycles. The Morgan fingerprint density at radius 3 is 2.32 bits per heavy atom. The van der Waals surface area contributed by atoms with Gasteiger partial charge in [0.2, 0.25) is 11.8 Å². The highest BCUT2D eigenvalue weighted by Crippen LogP contribution is 2.36. The van der Waals surface area contributed by atoms with Crippen LogP contribution in [0, 0.1) is 17.8 Å². The second kappa shape index (κ2) is 13.9. The molecule has 2 fully saturated rings. The Balaban J connectivity index is 1.26. The molecular formula is C28H43N3O6. The van der Waals surface area contributed by atoms with Crippen LogP contribution in [0.4, 0.5) is 0 Å². The number of hydrogen-bond donors (Lipinski definition) is 1. The third kappa shape index (κ3) is 9.38. The summed E-state index contributed by atoms with van der Waals surface area (Å²) in [5.41, 5.74) is 0.413. The first-order chi connectivity index (χ1) is 17.6. The van der Waals surface area contributed by atoms with Gasteiger partial charge in [0.05, 0.1) is 31.6 Å². The van der Waals surface area contributed by atoms with Crippen LogP contribution in [0.5, 0.6) is 0 Å². The second-order valence-electron chi connectivity index (χ2n) is 11.2. The van der Waals surface area contributed by atoms with Crippen LogP contribution in [-0.4, -0.2) is 73.3 Å². The molecule has 2 aliphatic rings. The molecule has 9 nitrogen and oxygen atoms in total. The van der Waals surface area contributed by atoms with Gasteiger partial charge in [0.1, 0.15) is 5.60 Å². The fourth-order valence-electron chi connectivity index (χ4n) is 5.10. The van der Waals surface area contributed by atoms with Crippen molar-refractivity contribution < 1.29 is 28.6 Å². The summed E-state index contributed by atoms with van der Waals surface area (Å²) in [6, 6.07) is 3.43. The number of nitrogens with one attached hydrogen (secondary N) is 1. The monoisotopic (exact) mass is 517 g/mol. The Bertz CT molecular complexity index is 880. The molecule has 3 rings (SSSR count). The standard InChI is InChI=1S/C28H43N3O6/c1-28(2,3)37-25(33)11-14-35-18-20-7-9-21(10-8-20)19-36-15-13-30-27(34)23-16-24(32)31(4)26(23)22-6-5-12-29-17-22/h5-6,12,17,20-21,23,26H,7-11,13-16,18-19H2,1-4H3,(H,30,34)/t20-,21-,23-,26+/m0/s1. The Labute approximate surface area is 220 Å². The van der Waals surface area contributed by atoms with Gasteiger partial charge in [-0.1, -0.05) is 6.07 Å². The van der Waals surface area contributed by atoms with E-state index in [4.69, 9.17) is 14.2 Å². The summed E-state index contributed by atoms with van der Waals surface area (Å²) in [6.07, 6.45) is 8.26. The number of amides is 2. The van der Waals surface area contributed by atoms with Crippen LogP contribution in [0.1, 0.15) is 70.9 Å². The van der Waals surface area contributed by atoms with Crippen LogP contribution in [0.3, 0.4) is 0 Å². The van der Waals surface area contributed by atoms with Gasteiger partial charge in [-0.15, -0.1) is 0 Å². The minimum Gasteiger partial charge on any atom is -0.460 e. The number of aromatic nitrogens is 1. The van der Waals surface area contributed by atoms with Crippen molar-refractivity contribution in [2.24, 2.45) is 17.8 Å². The predicted octanol–water partition coefficient (Wildman–Crippen LogP) is 3.29. The molecule has 1 aromatic rings. The van der Waals surface area contributed by atoms with Crippen molar-refractivity contribution in [3.8, 4) is 0 Å². The van der Waals surface area contributed by atoms with Crippen molar-refractivity contribution in [1.82, 2.24) is 15.2 Å². The normalized spacial score (nSPS) is 24.2. The van der Waals surface area contributed by atoms with Crippen LogP contribution in [0.2, 0.25) is 0 Å². The zero-order chi connectivity index (χ0) is 26.8. The molecule has 0 radical (unpaired) electrons. The van der Waals surface area contributed by atoms with Crippen molar-refractivity contribution in [2.75, 3.05) is 40.0 Å². The molecule has 1 aliphatic heterocycles. The van der Waals surface area contributed by atoms with Gasteiger partial charge < -0.3 is 24.4 Å². The molecule has 0 unspecified atom stereocenters. The summed E-state index contributed by atoms with van der Waals surface area (Å²) in [5.74, 6) is 0.237. The van der Waals surface area contributed by atoms with E-state index in [1.165, 1.54) is 0 Å². The van der Waals surface area contributed by atoms with E-state index in [2.05, 4.69) is 10.3 Å². The Hall–Kier alpha value is -2.52. The lowest BCUT2D eigenvalue weighted by atomic mass is 9.83. The van der Waals surface area contributed by atoms with Crippen LogP contribution in [0.15, 0.2) is 24.5 Å². The van der Waals surface area contributed by atoms with Crippen LogP contribution < -0.4 is 5.32 Å². The predicted molar refractivity (Wildman–Crippen MR) is 138 cm³/mol. The van der Waals surface area contributed by atoms with Gasteiger partial charge in [0.15, 0.2) is 0 Å². The number of carbonyl (C=O) groups is 3. The van der Waals surface area contributed by atoms with Crippen LogP contribution in [-0.2, 0) is 28.6 Å². The van der Waals surface area contributed by atoms with Gasteiger partial charge >= 0.3 is 5.97 Å². The number of esters is 1. The maximum atomic E-state index is 12.8. The van der Waals surface area contributed by atoms with Gasteiger partial charge in [-0.05, 0) is 69.9 Å². The first kappa shape index (κ1) is 29.0. The summed E-state index contributed by atoms with van der Waals surface area (Å²) >= 11 is 0. The lowest BCUT2D eigenvalue weighted by Gasteiger charge is -2.28. The quantitative estimate of drug-likeness (QED) is 0.335. The van der Waals surface area contributed by atoms with Gasteiger partial charge in [-0.25, -0.2) is 0 Å². The van der Waals surface area contributed by atoms with E-state index < -0.39 is 11.5 Å². The van der Waals surface area contributed by atoms with Gasteiger partial charge in [0, 0.05) is 45.6 Å². The van der Waals surface area contributed by atoms with E-state index in [0.717, 1.165) is 31.2 Å². The lowest BCUT2D eigenvalue weighted by molar-refractivity contribution is -0.156. The molecule has 37 heavy (non-hydrogen) atoms. The lowest BCUT2D eigenvalue weighted by Crippen LogP contribution is -2.36.